The minimum Gasteiger partial charge on any atom is -0.300 e. The van der Waals surface area contributed by atoms with Crippen LogP contribution in [0.3, 0.4) is 0 Å². The van der Waals surface area contributed by atoms with Crippen LogP contribution in [-0.2, 0) is 10.8 Å². The first kappa shape index (κ1) is 18.7. The van der Waals surface area contributed by atoms with Gasteiger partial charge in [-0.15, -0.1) is 0 Å². The van der Waals surface area contributed by atoms with Crippen LogP contribution in [0.25, 0.3) is 16.8 Å². The van der Waals surface area contributed by atoms with E-state index in [-0.39, 0.29) is 10.8 Å². The van der Waals surface area contributed by atoms with E-state index in [1.54, 1.807) is 0 Å². The second-order valence-corrected chi connectivity index (χ2v) is 9.43. The maximum absolute atomic E-state index is 8.85. The Morgan fingerprint density at radius 2 is 1.36 bits per heavy atom. The summed E-state index contributed by atoms with van der Waals surface area (Å²) in [6.45, 7) is 13.2. The maximum Gasteiger partial charge on any atom is 0.0684 e. The van der Waals surface area contributed by atoms with Crippen molar-refractivity contribution in [2.45, 2.75) is 51.4 Å². The van der Waals surface area contributed by atoms with Gasteiger partial charge in [0, 0.05) is 11.1 Å². The zero-order chi connectivity index (χ0) is 20.1. The van der Waals surface area contributed by atoms with E-state index >= 15 is 0 Å². The first-order valence-corrected chi connectivity index (χ1v) is 10.1. The molecule has 142 valence electrons. The number of benzene rings is 3. The number of hydrogen-bond acceptors (Lipinski definition) is 1. The summed E-state index contributed by atoms with van der Waals surface area (Å²) in [6.07, 6.45) is 4.26. The van der Waals surface area contributed by atoms with E-state index in [4.69, 9.17) is 5.41 Å². The third-order valence-electron chi connectivity index (χ3n) is 6.53. The molecule has 1 aliphatic rings. The van der Waals surface area contributed by atoms with Gasteiger partial charge in [-0.1, -0.05) is 76.7 Å². The topological polar surface area (TPSA) is 23.9 Å². The Labute approximate surface area is 168 Å². The summed E-state index contributed by atoms with van der Waals surface area (Å²) >= 11 is 0. The maximum atomic E-state index is 8.85. The SMILES string of the molecule is C=Cc1ccc2cc(C(=N)c3ccc4c(c3)C(C)(C)CCC4(C)C)ccc2c1. The summed E-state index contributed by atoms with van der Waals surface area (Å²) in [5, 5.41) is 11.2. The van der Waals surface area contributed by atoms with Crippen molar-refractivity contribution in [3.8, 4) is 0 Å². The van der Waals surface area contributed by atoms with E-state index in [9.17, 15) is 0 Å². The van der Waals surface area contributed by atoms with Gasteiger partial charge in [0.2, 0.25) is 0 Å². The number of nitrogens with one attached hydrogen (secondary N) is 1. The van der Waals surface area contributed by atoms with Gasteiger partial charge < -0.3 is 0 Å². The van der Waals surface area contributed by atoms with Crippen LogP contribution in [0.5, 0.6) is 0 Å². The monoisotopic (exact) mass is 367 g/mol. The van der Waals surface area contributed by atoms with Crippen molar-refractivity contribution in [1.29, 1.82) is 5.41 Å². The molecule has 0 fully saturated rings. The molecule has 1 nitrogen and oxygen atoms in total. The van der Waals surface area contributed by atoms with Gasteiger partial charge in [0.05, 0.1) is 5.71 Å². The quantitative estimate of drug-likeness (QED) is 0.471. The molecule has 4 rings (SSSR count). The molecule has 0 aromatic heterocycles. The van der Waals surface area contributed by atoms with Crippen LogP contribution in [0.2, 0.25) is 0 Å². The van der Waals surface area contributed by atoms with Crippen LogP contribution in [0.15, 0.2) is 61.2 Å². The molecule has 0 bridgehead atoms. The molecular weight excluding hydrogens is 338 g/mol. The Hall–Kier alpha value is -2.67. The van der Waals surface area contributed by atoms with Crippen molar-refractivity contribution in [2.24, 2.45) is 0 Å². The number of rotatable bonds is 3. The highest BCUT2D eigenvalue weighted by molar-refractivity contribution is 6.12. The van der Waals surface area contributed by atoms with Crippen molar-refractivity contribution >= 4 is 22.6 Å². The number of hydrogen-bond donors (Lipinski definition) is 1. The lowest BCUT2D eigenvalue weighted by molar-refractivity contribution is 0.332. The molecular formula is C27H29N. The molecule has 3 aromatic carbocycles. The fourth-order valence-electron chi connectivity index (χ4n) is 4.46. The van der Waals surface area contributed by atoms with Gasteiger partial charge in [-0.05, 0) is 69.3 Å². The summed E-state index contributed by atoms with van der Waals surface area (Å²) in [5.74, 6) is 0. The van der Waals surface area contributed by atoms with Gasteiger partial charge in [-0.2, -0.15) is 0 Å². The molecule has 0 saturated heterocycles. The second kappa shape index (κ2) is 6.44. The molecule has 3 aromatic rings. The van der Waals surface area contributed by atoms with Gasteiger partial charge in [-0.25, -0.2) is 0 Å². The fourth-order valence-corrected chi connectivity index (χ4v) is 4.46. The van der Waals surface area contributed by atoms with Crippen molar-refractivity contribution in [1.82, 2.24) is 0 Å². The summed E-state index contributed by atoms with van der Waals surface area (Å²) in [6, 6.07) is 19.3. The fraction of sp³-hybridized carbons (Fsp3) is 0.296. The predicted molar refractivity (Wildman–Crippen MR) is 122 cm³/mol. The molecule has 0 amide bonds. The van der Waals surface area contributed by atoms with Crippen molar-refractivity contribution in [3.63, 3.8) is 0 Å². The molecule has 0 saturated carbocycles. The third kappa shape index (κ3) is 3.09. The third-order valence-corrected chi connectivity index (χ3v) is 6.53. The highest BCUT2D eigenvalue weighted by atomic mass is 14.4. The lowest BCUT2D eigenvalue weighted by Crippen LogP contribution is -2.34. The summed E-state index contributed by atoms with van der Waals surface area (Å²) in [5.41, 5.74) is 6.89. The Kier molecular flexibility index (Phi) is 4.30. The summed E-state index contributed by atoms with van der Waals surface area (Å²) < 4.78 is 0. The van der Waals surface area contributed by atoms with E-state index in [1.165, 1.54) is 29.4 Å². The van der Waals surface area contributed by atoms with Gasteiger partial charge >= 0.3 is 0 Å². The highest BCUT2D eigenvalue weighted by Crippen LogP contribution is 2.46. The predicted octanol–water partition coefficient (Wildman–Crippen LogP) is 7.25. The van der Waals surface area contributed by atoms with Crippen LogP contribution in [-0.4, -0.2) is 5.71 Å². The van der Waals surface area contributed by atoms with Crippen LogP contribution in [0, 0.1) is 5.41 Å². The lowest BCUT2D eigenvalue weighted by Gasteiger charge is -2.42. The summed E-state index contributed by atoms with van der Waals surface area (Å²) in [7, 11) is 0. The van der Waals surface area contributed by atoms with E-state index in [2.05, 4.69) is 88.9 Å². The van der Waals surface area contributed by atoms with Crippen LogP contribution >= 0.6 is 0 Å². The first-order valence-electron chi connectivity index (χ1n) is 10.1. The largest absolute Gasteiger partial charge is 0.300 e. The average Bonchev–Trinajstić information content (AvgIpc) is 2.70. The zero-order valence-corrected chi connectivity index (χ0v) is 17.4. The molecule has 0 aliphatic heterocycles. The van der Waals surface area contributed by atoms with Gasteiger partial charge in [-0.3, -0.25) is 5.41 Å². The van der Waals surface area contributed by atoms with Gasteiger partial charge in [0.15, 0.2) is 0 Å². The molecule has 0 atom stereocenters. The van der Waals surface area contributed by atoms with Crippen LogP contribution < -0.4 is 0 Å². The molecule has 28 heavy (non-hydrogen) atoms. The molecule has 1 heteroatoms. The minimum absolute atomic E-state index is 0.158. The van der Waals surface area contributed by atoms with Crippen LogP contribution in [0.1, 0.15) is 68.4 Å². The van der Waals surface area contributed by atoms with E-state index in [1.807, 2.05) is 6.08 Å². The Bertz CT molecular complexity index is 1100. The smallest absolute Gasteiger partial charge is 0.0684 e. The van der Waals surface area contributed by atoms with Gasteiger partial charge in [0.1, 0.15) is 0 Å². The second-order valence-electron chi connectivity index (χ2n) is 9.43. The van der Waals surface area contributed by atoms with E-state index in [0.29, 0.717) is 5.71 Å². The molecule has 1 N–H and O–H groups in total. The van der Waals surface area contributed by atoms with Crippen molar-refractivity contribution in [3.05, 3.63) is 89.0 Å². The lowest BCUT2D eigenvalue weighted by atomic mass is 9.63. The molecule has 0 radical (unpaired) electrons. The standard InChI is InChI=1S/C27H29N/c1-6-18-7-8-20-16-21(10-9-19(20)15-18)25(28)22-11-12-23-24(17-22)27(4,5)14-13-26(23,2)3/h6-12,15-17,28H,1,13-14H2,2-5H3. The van der Waals surface area contributed by atoms with Crippen molar-refractivity contribution in [2.75, 3.05) is 0 Å². The van der Waals surface area contributed by atoms with E-state index in [0.717, 1.165) is 22.1 Å². The molecule has 0 spiro atoms. The average molecular weight is 368 g/mol. The Morgan fingerprint density at radius 1 is 0.786 bits per heavy atom. The Balaban J connectivity index is 1.76. The molecule has 1 aliphatic carbocycles. The highest BCUT2D eigenvalue weighted by Gasteiger charge is 2.37. The zero-order valence-electron chi connectivity index (χ0n) is 17.4. The molecule has 0 unspecified atom stereocenters. The number of fused-ring (bicyclic) bond motifs is 2. The van der Waals surface area contributed by atoms with E-state index < -0.39 is 0 Å². The first-order chi connectivity index (χ1) is 13.2. The normalized spacial score (nSPS) is 17.1. The Morgan fingerprint density at radius 3 is 2.07 bits per heavy atom. The summed E-state index contributed by atoms with van der Waals surface area (Å²) in [4.78, 5) is 0. The minimum atomic E-state index is 0.158. The van der Waals surface area contributed by atoms with Crippen LogP contribution in [0.4, 0.5) is 0 Å². The van der Waals surface area contributed by atoms with Crippen molar-refractivity contribution < 1.29 is 0 Å². The van der Waals surface area contributed by atoms with Gasteiger partial charge in [0.25, 0.3) is 0 Å². The molecule has 0 heterocycles.